The summed E-state index contributed by atoms with van der Waals surface area (Å²) in [5.74, 6) is 4.23. The van der Waals surface area contributed by atoms with Gasteiger partial charge in [-0.15, -0.1) is 0 Å². The summed E-state index contributed by atoms with van der Waals surface area (Å²) in [6, 6.07) is 8.98. The number of benzene rings is 2. The fourth-order valence-electron chi connectivity index (χ4n) is 5.01. The van der Waals surface area contributed by atoms with Gasteiger partial charge in [0.2, 0.25) is 0 Å². The van der Waals surface area contributed by atoms with Crippen LogP contribution in [0.4, 0.5) is 0 Å². The van der Waals surface area contributed by atoms with Crippen LogP contribution in [0.25, 0.3) is 0 Å². The van der Waals surface area contributed by atoms with Crippen LogP contribution < -0.4 is 7.58 Å². The Bertz CT molecular complexity index is 938. The molecule has 0 aromatic heterocycles. The summed E-state index contributed by atoms with van der Waals surface area (Å²) in [4.78, 5) is 0. The van der Waals surface area contributed by atoms with Crippen LogP contribution in [0, 0.1) is 13.8 Å². The van der Waals surface area contributed by atoms with Crippen molar-refractivity contribution in [3.05, 3.63) is 57.6 Å². The summed E-state index contributed by atoms with van der Waals surface area (Å²) in [6.45, 7) is 31.6. The Balaban J connectivity index is 2.68. The van der Waals surface area contributed by atoms with E-state index in [1.165, 1.54) is 33.4 Å². The summed E-state index contributed by atoms with van der Waals surface area (Å²) >= 11 is -2.10. The molecule has 0 bridgehead atoms. The van der Waals surface area contributed by atoms with Gasteiger partial charge in [-0.1, -0.05) is 107 Å². The first kappa shape index (κ1) is 28.8. The van der Waals surface area contributed by atoms with Gasteiger partial charge >= 0.3 is 14.8 Å². The van der Waals surface area contributed by atoms with Crippen molar-refractivity contribution in [1.82, 2.24) is 0 Å². The molecule has 0 aliphatic carbocycles. The first-order chi connectivity index (χ1) is 15.2. The van der Waals surface area contributed by atoms with E-state index >= 15 is 0 Å². The van der Waals surface area contributed by atoms with Crippen LogP contribution in [0.5, 0.6) is 11.5 Å². The SMILES string of the molecule is Cc1ccc(C(C)(C)C)c([O][Al]([CH3])[O]c2c(C(C)(C)C)ccc(C)c2C(C)(C)C)c1C(C)(C)C. The molecule has 0 atom stereocenters. The molecule has 34 heavy (non-hydrogen) atoms. The third kappa shape index (κ3) is 6.41. The molecular formula is C31H49AlO2. The lowest BCUT2D eigenvalue weighted by Crippen LogP contribution is -2.32. The maximum atomic E-state index is 6.91. The Morgan fingerprint density at radius 3 is 1.03 bits per heavy atom. The van der Waals surface area contributed by atoms with E-state index in [1.54, 1.807) is 0 Å². The van der Waals surface area contributed by atoms with E-state index in [0.717, 1.165) is 11.5 Å². The topological polar surface area (TPSA) is 18.5 Å². The molecule has 0 radical (unpaired) electrons. The fraction of sp³-hybridized carbons (Fsp3) is 0.613. The minimum Gasteiger partial charge on any atom is -0.611 e. The van der Waals surface area contributed by atoms with E-state index < -0.39 is 14.8 Å². The molecule has 3 heteroatoms. The summed E-state index contributed by atoms with van der Waals surface area (Å²) in [5.41, 5.74) is 7.55. The second-order valence-electron chi connectivity index (χ2n) is 14.1. The molecule has 0 fully saturated rings. The maximum Gasteiger partial charge on any atom is 0.853 e. The van der Waals surface area contributed by atoms with Crippen LogP contribution in [-0.2, 0) is 21.7 Å². The first-order valence-corrected chi connectivity index (χ1v) is 14.9. The fourth-order valence-corrected chi connectivity index (χ4v) is 6.21. The molecule has 0 saturated heterocycles. The van der Waals surface area contributed by atoms with Crippen LogP contribution >= 0.6 is 0 Å². The van der Waals surface area contributed by atoms with Crippen molar-refractivity contribution in [2.75, 3.05) is 0 Å². The Hall–Kier alpha value is -1.43. The summed E-state index contributed by atoms with van der Waals surface area (Å²) in [5, 5.41) is 0. The van der Waals surface area contributed by atoms with Crippen molar-refractivity contribution in [2.45, 2.75) is 124 Å². The van der Waals surface area contributed by atoms with Crippen LogP contribution in [0.3, 0.4) is 0 Å². The van der Waals surface area contributed by atoms with E-state index in [1.807, 2.05) is 0 Å². The minimum atomic E-state index is -2.10. The van der Waals surface area contributed by atoms with Gasteiger partial charge < -0.3 is 7.58 Å². The van der Waals surface area contributed by atoms with Gasteiger partial charge in [0.05, 0.1) is 11.5 Å². The van der Waals surface area contributed by atoms with Crippen molar-refractivity contribution in [3.8, 4) is 11.5 Å². The van der Waals surface area contributed by atoms with Gasteiger partial charge in [0.1, 0.15) is 0 Å². The number of aryl methyl sites for hydroxylation is 2. The van der Waals surface area contributed by atoms with Gasteiger partial charge in [-0.25, -0.2) is 0 Å². The highest BCUT2D eigenvalue weighted by atomic mass is 27.2. The molecule has 2 nitrogen and oxygen atoms in total. The van der Waals surface area contributed by atoms with Crippen molar-refractivity contribution >= 4 is 14.8 Å². The van der Waals surface area contributed by atoms with E-state index in [2.05, 4.69) is 127 Å². The molecule has 2 aromatic carbocycles. The second kappa shape index (κ2) is 9.56. The molecule has 0 saturated carbocycles. The molecule has 0 N–H and O–H groups in total. The molecule has 0 heterocycles. The van der Waals surface area contributed by atoms with Crippen molar-refractivity contribution < 1.29 is 7.58 Å². The van der Waals surface area contributed by atoms with E-state index in [-0.39, 0.29) is 21.7 Å². The lowest BCUT2D eigenvalue weighted by molar-refractivity contribution is 0.392. The molecular weight excluding hydrogens is 431 g/mol. The third-order valence-electron chi connectivity index (χ3n) is 6.42. The molecule has 188 valence electrons. The zero-order chi connectivity index (χ0) is 26.4. The molecule has 0 unspecified atom stereocenters. The zero-order valence-electron chi connectivity index (χ0n) is 24.7. The van der Waals surface area contributed by atoms with Crippen LogP contribution in [-0.4, -0.2) is 14.8 Å². The molecule has 0 amide bonds. The van der Waals surface area contributed by atoms with Crippen molar-refractivity contribution in [3.63, 3.8) is 0 Å². The highest BCUT2D eigenvalue weighted by Crippen LogP contribution is 2.44. The van der Waals surface area contributed by atoms with Crippen LogP contribution in [0.1, 0.15) is 116 Å². The maximum absolute atomic E-state index is 6.91. The monoisotopic (exact) mass is 480 g/mol. The summed E-state index contributed by atoms with van der Waals surface area (Å²) in [7, 11) is 0. The van der Waals surface area contributed by atoms with Crippen LogP contribution in [0.2, 0.25) is 5.79 Å². The van der Waals surface area contributed by atoms with E-state index in [0.29, 0.717) is 0 Å². The molecule has 0 spiro atoms. The first-order valence-electron chi connectivity index (χ1n) is 12.8. The lowest BCUT2D eigenvalue weighted by atomic mass is 9.77. The average molecular weight is 481 g/mol. The zero-order valence-corrected chi connectivity index (χ0v) is 25.9. The summed E-state index contributed by atoms with van der Waals surface area (Å²) in [6.07, 6.45) is 0. The Morgan fingerprint density at radius 1 is 0.500 bits per heavy atom. The standard InChI is InChI=1S/2C15H24O.CH3.Al/c2*1-10-8-9-11(14(2,3)4)13(16)12(10)15(5,6)7;;/h2*8-9,16H,1-7H3;1H3;/q;;;+2/p-2. The Morgan fingerprint density at radius 2 is 0.794 bits per heavy atom. The molecule has 2 aromatic rings. The average Bonchev–Trinajstić information content (AvgIpc) is 2.57. The van der Waals surface area contributed by atoms with Gasteiger partial charge in [0.25, 0.3) is 0 Å². The van der Waals surface area contributed by atoms with E-state index in [9.17, 15) is 0 Å². The number of rotatable bonds is 4. The second-order valence-corrected chi connectivity index (χ2v) is 15.7. The smallest absolute Gasteiger partial charge is 0.611 e. The number of hydrogen-bond donors (Lipinski definition) is 0. The van der Waals surface area contributed by atoms with Crippen molar-refractivity contribution in [1.29, 1.82) is 0 Å². The van der Waals surface area contributed by atoms with Gasteiger partial charge in [-0.05, 0) is 74.7 Å². The molecule has 0 aliphatic heterocycles. The van der Waals surface area contributed by atoms with Crippen LogP contribution in [0.15, 0.2) is 24.3 Å². The lowest BCUT2D eigenvalue weighted by Gasteiger charge is -2.34. The largest absolute Gasteiger partial charge is 0.853 e. The highest BCUT2D eigenvalue weighted by molar-refractivity contribution is 6.44. The number of hydrogen-bond acceptors (Lipinski definition) is 2. The van der Waals surface area contributed by atoms with Crippen molar-refractivity contribution in [2.24, 2.45) is 0 Å². The predicted octanol–water partition coefficient (Wildman–Crippen LogP) is 9.07. The Kier molecular flexibility index (Phi) is 8.10. The summed E-state index contributed by atoms with van der Waals surface area (Å²) < 4.78 is 13.8. The van der Waals surface area contributed by atoms with E-state index in [4.69, 9.17) is 7.58 Å². The third-order valence-corrected chi connectivity index (χ3v) is 7.55. The Labute approximate surface area is 215 Å². The van der Waals surface area contributed by atoms with Gasteiger partial charge in [-0.2, -0.15) is 0 Å². The highest BCUT2D eigenvalue weighted by Gasteiger charge is 2.36. The normalized spacial score (nSPS) is 13.1. The minimum absolute atomic E-state index is 0.0202. The van der Waals surface area contributed by atoms with Gasteiger partial charge in [-0.3, -0.25) is 0 Å². The molecule has 0 aliphatic rings. The van der Waals surface area contributed by atoms with Gasteiger partial charge in [0, 0.05) is 0 Å². The quantitative estimate of drug-likeness (QED) is 0.406. The van der Waals surface area contributed by atoms with Gasteiger partial charge in [0.15, 0.2) is 0 Å². The predicted molar refractivity (Wildman–Crippen MR) is 150 cm³/mol. The molecule has 2 rings (SSSR count).